The fourth-order valence-corrected chi connectivity index (χ4v) is 1.68. The minimum absolute atomic E-state index is 0. The van der Waals surface area contributed by atoms with Crippen LogP contribution in [0.25, 0.3) is 11.3 Å². The van der Waals surface area contributed by atoms with Crippen molar-refractivity contribution >= 4 is 28.9 Å². The zero-order chi connectivity index (χ0) is 14.0. The van der Waals surface area contributed by atoms with Gasteiger partial charge in [0.2, 0.25) is 5.88 Å². The molecule has 20 heavy (non-hydrogen) atoms. The van der Waals surface area contributed by atoms with E-state index in [9.17, 15) is 10.2 Å². The van der Waals surface area contributed by atoms with E-state index in [2.05, 4.69) is 22.2 Å². The Bertz CT molecular complexity index is 701. The van der Waals surface area contributed by atoms with Crippen LogP contribution in [-0.4, -0.2) is 20.1 Å². The van der Waals surface area contributed by atoms with Crippen molar-refractivity contribution in [3.05, 3.63) is 40.7 Å². The summed E-state index contributed by atoms with van der Waals surface area (Å²) in [6.45, 7) is 0. The van der Waals surface area contributed by atoms with E-state index in [0.717, 1.165) is 0 Å². The molecule has 0 unspecified atom stereocenters. The number of hydrogen-bond acceptors (Lipinski definition) is 6. The number of thiocarbonyl (C=S) groups is 1. The molecule has 0 radical (unpaired) electrons. The van der Waals surface area contributed by atoms with E-state index >= 15 is 0 Å². The first-order valence-corrected chi connectivity index (χ1v) is 5.80. The van der Waals surface area contributed by atoms with Crippen LogP contribution in [-0.2, 0) is 0 Å². The maximum atomic E-state index is 11.1. The van der Waals surface area contributed by atoms with Gasteiger partial charge in [-0.05, 0) is 12.1 Å². The van der Waals surface area contributed by atoms with Gasteiger partial charge < -0.3 is 10.2 Å². The number of nitriles is 1. The summed E-state index contributed by atoms with van der Waals surface area (Å²) >= 11 is 10.2. The second kappa shape index (κ2) is 7.42. The largest absolute Gasteiger partial charge is 1.00 e. The van der Waals surface area contributed by atoms with Crippen molar-refractivity contribution in [1.82, 2.24) is 9.97 Å². The molecule has 94 valence electrons. The first kappa shape index (κ1) is 17.5. The van der Waals surface area contributed by atoms with Crippen molar-refractivity contribution in [3.8, 4) is 23.2 Å². The average Bonchev–Trinajstić information content (AvgIpc) is 2.38. The van der Waals surface area contributed by atoms with Crippen molar-refractivity contribution in [3.63, 3.8) is 0 Å². The number of aromatic hydroxyl groups is 1. The van der Waals surface area contributed by atoms with E-state index in [1.165, 1.54) is 0 Å². The Labute approximate surface area is 167 Å². The van der Waals surface area contributed by atoms with Crippen LogP contribution >= 0.6 is 23.8 Å². The predicted octanol–water partition coefficient (Wildman–Crippen LogP) is -1.59. The number of aromatic nitrogens is 2. The second-order valence-corrected chi connectivity index (χ2v) is 4.31. The quantitative estimate of drug-likeness (QED) is 0.528. The Morgan fingerprint density at radius 1 is 1.30 bits per heavy atom. The summed E-state index contributed by atoms with van der Waals surface area (Å²) in [5.41, 5.74) is 0.540. The third kappa shape index (κ3) is 3.74. The molecule has 0 bridgehead atoms. The minimum Gasteiger partial charge on any atom is -0.862 e. The van der Waals surface area contributed by atoms with E-state index in [-0.39, 0.29) is 68.5 Å². The smallest absolute Gasteiger partial charge is 0.862 e. The molecule has 2 rings (SSSR count). The van der Waals surface area contributed by atoms with Crippen molar-refractivity contribution < 1.29 is 61.6 Å². The van der Waals surface area contributed by atoms with Gasteiger partial charge in [-0.3, -0.25) is 0 Å². The number of rotatable bonds is 2. The van der Waals surface area contributed by atoms with Crippen molar-refractivity contribution in [2.24, 2.45) is 0 Å². The van der Waals surface area contributed by atoms with Gasteiger partial charge in [-0.15, -0.1) is 0 Å². The van der Waals surface area contributed by atoms with E-state index in [4.69, 9.17) is 16.9 Å². The Morgan fingerprint density at radius 2 is 1.90 bits per heavy atom. The Hall–Kier alpha value is -0.594. The molecule has 5 nitrogen and oxygen atoms in total. The Balaban J connectivity index is 0.00000200. The maximum Gasteiger partial charge on any atom is 1.00 e. The van der Waals surface area contributed by atoms with Gasteiger partial charge in [-0.25, -0.2) is 4.98 Å². The van der Waals surface area contributed by atoms with Gasteiger partial charge in [0, 0.05) is 15.6 Å². The van der Waals surface area contributed by atoms with Crippen molar-refractivity contribution in [2.45, 2.75) is 0 Å². The van der Waals surface area contributed by atoms with Gasteiger partial charge >= 0.3 is 51.4 Å². The van der Waals surface area contributed by atoms with E-state index in [0.29, 0.717) is 10.6 Å². The zero-order valence-corrected chi connectivity index (χ0v) is 15.0. The van der Waals surface area contributed by atoms with Crippen molar-refractivity contribution in [2.75, 3.05) is 0 Å². The van der Waals surface area contributed by atoms with Crippen LogP contribution in [0.15, 0.2) is 24.3 Å². The number of benzene rings is 1. The molecule has 0 saturated carbocycles. The molecule has 0 saturated heterocycles. The summed E-state index contributed by atoms with van der Waals surface area (Å²) in [4.78, 5) is 7.40. The molecular formula is C12H5ClKN3O2S. The van der Waals surface area contributed by atoms with E-state index in [1.807, 2.05) is 0 Å². The van der Waals surface area contributed by atoms with Gasteiger partial charge in [0.05, 0.1) is 5.69 Å². The van der Waals surface area contributed by atoms with Crippen LogP contribution in [0.1, 0.15) is 11.4 Å². The molecule has 0 aliphatic rings. The van der Waals surface area contributed by atoms with Crippen molar-refractivity contribution in [1.29, 1.82) is 5.26 Å². The topological polar surface area (TPSA) is 92.9 Å². The van der Waals surface area contributed by atoms with Gasteiger partial charge in [0.15, 0.2) is 5.82 Å². The summed E-state index contributed by atoms with van der Waals surface area (Å²) in [6.07, 6.45) is 0. The average molecular weight is 330 g/mol. The minimum atomic E-state index is -0.810. The standard InChI is InChI=1S/C12H6ClN3O2S.K/c13-7-3-1-6(2-4-7)9-8(5-14)11(17)16-10(15-9)12(18)19;/h1-4H,(H,18,19)(H,15,16,17);/q;+1/p-1. The predicted molar refractivity (Wildman–Crippen MR) is 70.6 cm³/mol. The molecule has 1 aromatic carbocycles. The van der Waals surface area contributed by atoms with Gasteiger partial charge in [0.25, 0.3) is 0 Å². The summed E-state index contributed by atoms with van der Waals surface area (Å²) in [5.74, 6) is -0.896. The molecule has 0 spiro atoms. The van der Waals surface area contributed by atoms with Crippen LogP contribution in [0, 0.1) is 11.3 Å². The summed E-state index contributed by atoms with van der Waals surface area (Å²) in [6, 6.07) is 8.22. The fourth-order valence-electron chi connectivity index (χ4n) is 1.46. The van der Waals surface area contributed by atoms with Crippen LogP contribution in [0.3, 0.4) is 0 Å². The number of nitrogens with zero attached hydrogens (tertiary/aromatic N) is 3. The van der Waals surface area contributed by atoms with Crippen LogP contribution in [0.4, 0.5) is 0 Å². The maximum absolute atomic E-state index is 11.1. The van der Waals surface area contributed by atoms with Crippen LogP contribution in [0.5, 0.6) is 5.88 Å². The first-order valence-electron chi connectivity index (χ1n) is 5.01. The van der Waals surface area contributed by atoms with E-state index in [1.54, 1.807) is 30.3 Å². The van der Waals surface area contributed by atoms with Crippen LogP contribution < -0.4 is 56.5 Å². The summed E-state index contributed by atoms with van der Waals surface area (Å²) in [5, 5.41) is 29.5. The van der Waals surface area contributed by atoms with Crippen LogP contribution in [0.2, 0.25) is 5.02 Å². The van der Waals surface area contributed by atoms with Gasteiger partial charge in [0.1, 0.15) is 11.6 Å². The molecule has 0 aliphatic carbocycles. The van der Waals surface area contributed by atoms with Gasteiger partial charge in [-0.1, -0.05) is 36.0 Å². The molecule has 0 aliphatic heterocycles. The zero-order valence-electron chi connectivity index (χ0n) is 10.3. The molecule has 8 heteroatoms. The third-order valence-electron chi connectivity index (χ3n) is 2.30. The number of hydrogen-bond donors (Lipinski definition) is 1. The Morgan fingerprint density at radius 3 is 2.40 bits per heavy atom. The molecule has 1 aromatic heterocycles. The molecule has 2 aromatic rings. The van der Waals surface area contributed by atoms with E-state index < -0.39 is 10.9 Å². The fraction of sp³-hybridized carbons (Fsp3) is 0. The molecule has 1 N–H and O–H groups in total. The molecule has 0 fully saturated rings. The normalized spacial score (nSPS) is 9.40. The Kier molecular flexibility index (Phi) is 6.48. The first-order chi connectivity index (χ1) is 9.02. The molecule has 1 heterocycles. The number of halogens is 1. The SMILES string of the molecule is N#Cc1c(O)nc(C([O-])=S)nc1-c1ccc(Cl)cc1.[K+]. The molecular weight excluding hydrogens is 325 g/mol. The van der Waals surface area contributed by atoms with Gasteiger partial charge in [-0.2, -0.15) is 10.2 Å². The summed E-state index contributed by atoms with van der Waals surface area (Å²) in [7, 11) is 0. The second-order valence-electron chi connectivity index (χ2n) is 3.50. The third-order valence-corrected chi connectivity index (χ3v) is 2.74. The monoisotopic (exact) mass is 329 g/mol. The molecule has 0 amide bonds. The summed E-state index contributed by atoms with van der Waals surface area (Å²) < 4.78 is 0. The molecule has 0 atom stereocenters.